The van der Waals surface area contributed by atoms with E-state index in [0.29, 0.717) is 22.3 Å². The predicted molar refractivity (Wildman–Crippen MR) is 123 cm³/mol. The van der Waals surface area contributed by atoms with E-state index < -0.39 is 0 Å². The van der Waals surface area contributed by atoms with E-state index in [4.69, 9.17) is 12.2 Å². The molecule has 0 amide bonds. The van der Waals surface area contributed by atoms with E-state index in [0.717, 1.165) is 22.2 Å². The summed E-state index contributed by atoms with van der Waals surface area (Å²) in [5, 5.41) is 15.2. The number of nitrogens with one attached hydrogen (secondary N) is 1. The van der Waals surface area contributed by atoms with Crippen LogP contribution in [0.4, 0.5) is 5.69 Å². The molecule has 2 aromatic carbocycles. The van der Waals surface area contributed by atoms with E-state index in [2.05, 4.69) is 55.6 Å². The van der Waals surface area contributed by atoms with Crippen molar-refractivity contribution in [3.05, 3.63) is 65.9 Å². The number of aromatic nitrogens is 1. The first-order valence-electron chi connectivity index (χ1n) is 9.34. The molecule has 4 nitrogen and oxygen atoms in total. The number of nitrogens with zero attached hydrogens (tertiary/aromatic N) is 2. The van der Waals surface area contributed by atoms with Crippen molar-refractivity contribution in [1.29, 1.82) is 0 Å². The first-order chi connectivity index (χ1) is 13.2. The summed E-state index contributed by atoms with van der Waals surface area (Å²) in [7, 11) is 3.83. The lowest BCUT2D eigenvalue weighted by Crippen LogP contribution is -2.36. The van der Waals surface area contributed by atoms with Gasteiger partial charge in [-0.1, -0.05) is 26.5 Å². The van der Waals surface area contributed by atoms with Gasteiger partial charge in [-0.3, -0.25) is 4.90 Å². The van der Waals surface area contributed by atoms with Crippen LogP contribution in [0, 0.1) is 6.92 Å². The molecular weight excluding hydrogens is 366 g/mol. The maximum atomic E-state index is 10.5. The van der Waals surface area contributed by atoms with Crippen LogP contribution in [0.15, 0.2) is 49.2 Å². The summed E-state index contributed by atoms with van der Waals surface area (Å²) >= 11 is 5.59. The standard InChI is InChI=1S/C23H27N3OS/c1-14(2)17-7-10-22(27)20(11-17)16(4)26(23(28)24-5)18-8-9-21-19(12-18)15(3)13-25(21)6/h7-14,27H,4H2,1-3,5-6H3,(H,24,28). The van der Waals surface area contributed by atoms with Crippen LogP contribution < -0.4 is 10.2 Å². The largest absolute Gasteiger partial charge is 0.507 e. The summed E-state index contributed by atoms with van der Waals surface area (Å²) in [6.45, 7) is 10.6. The molecule has 0 spiro atoms. The first-order valence-corrected chi connectivity index (χ1v) is 9.75. The minimum Gasteiger partial charge on any atom is -0.507 e. The zero-order valence-corrected chi connectivity index (χ0v) is 17.9. The number of aryl methyl sites for hydroxylation is 2. The fourth-order valence-corrected chi connectivity index (χ4v) is 3.70. The second-order valence-electron chi connectivity index (χ2n) is 7.39. The van der Waals surface area contributed by atoms with Gasteiger partial charge in [0.1, 0.15) is 5.75 Å². The van der Waals surface area contributed by atoms with Gasteiger partial charge in [-0.2, -0.15) is 0 Å². The van der Waals surface area contributed by atoms with Crippen LogP contribution in [-0.4, -0.2) is 21.8 Å². The van der Waals surface area contributed by atoms with Gasteiger partial charge in [0, 0.05) is 42.4 Å². The molecule has 0 bridgehead atoms. The van der Waals surface area contributed by atoms with Gasteiger partial charge in [0.2, 0.25) is 0 Å². The Balaban J connectivity index is 2.14. The van der Waals surface area contributed by atoms with Crippen LogP contribution in [0.25, 0.3) is 16.6 Å². The molecule has 3 aromatic rings. The average Bonchev–Trinajstić information content (AvgIpc) is 2.95. The maximum absolute atomic E-state index is 10.5. The Kier molecular flexibility index (Phi) is 5.47. The van der Waals surface area contributed by atoms with E-state index in [-0.39, 0.29) is 5.75 Å². The molecule has 0 saturated heterocycles. The Morgan fingerprint density at radius 1 is 1.21 bits per heavy atom. The van der Waals surface area contributed by atoms with Gasteiger partial charge in [-0.05, 0) is 66.5 Å². The van der Waals surface area contributed by atoms with E-state index in [1.807, 2.05) is 30.1 Å². The molecule has 146 valence electrons. The SMILES string of the molecule is C=C(c1cc(C(C)C)ccc1O)N(C(=S)NC)c1ccc2c(c1)c(C)cn2C. The Bertz CT molecular complexity index is 1070. The summed E-state index contributed by atoms with van der Waals surface area (Å²) in [6, 6.07) is 11.9. The number of rotatable bonds is 4. The lowest BCUT2D eigenvalue weighted by Gasteiger charge is -2.28. The highest BCUT2D eigenvalue weighted by Gasteiger charge is 2.20. The van der Waals surface area contributed by atoms with Gasteiger partial charge in [0.05, 0.1) is 5.70 Å². The highest BCUT2D eigenvalue weighted by molar-refractivity contribution is 7.80. The van der Waals surface area contributed by atoms with Crippen molar-refractivity contribution in [2.75, 3.05) is 11.9 Å². The summed E-state index contributed by atoms with van der Waals surface area (Å²) in [5.41, 5.74) is 5.71. The van der Waals surface area contributed by atoms with E-state index in [1.54, 1.807) is 13.1 Å². The molecule has 0 atom stereocenters. The van der Waals surface area contributed by atoms with Gasteiger partial charge in [-0.15, -0.1) is 0 Å². The number of hydrogen-bond donors (Lipinski definition) is 2. The van der Waals surface area contributed by atoms with Gasteiger partial charge in [0.15, 0.2) is 5.11 Å². The minimum atomic E-state index is 0.190. The molecule has 2 N–H and O–H groups in total. The minimum absolute atomic E-state index is 0.190. The second kappa shape index (κ2) is 7.68. The molecular formula is C23H27N3OS. The Labute approximate surface area is 172 Å². The van der Waals surface area contributed by atoms with Gasteiger partial charge >= 0.3 is 0 Å². The lowest BCUT2D eigenvalue weighted by molar-refractivity contribution is 0.473. The van der Waals surface area contributed by atoms with E-state index in [1.165, 1.54) is 5.56 Å². The van der Waals surface area contributed by atoms with Crippen LogP contribution in [-0.2, 0) is 7.05 Å². The third-order valence-electron chi connectivity index (χ3n) is 5.12. The topological polar surface area (TPSA) is 40.4 Å². The Morgan fingerprint density at radius 3 is 2.57 bits per heavy atom. The molecule has 1 aromatic heterocycles. The van der Waals surface area contributed by atoms with Gasteiger partial charge in [-0.25, -0.2) is 0 Å². The second-order valence-corrected chi connectivity index (χ2v) is 7.78. The number of anilines is 1. The molecule has 28 heavy (non-hydrogen) atoms. The number of aromatic hydroxyl groups is 1. The van der Waals surface area contributed by atoms with Crippen LogP contribution >= 0.6 is 12.2 Å². The average molecular weight is 394 g/mol. The number of benzene rings is 2. The third kappa shape index (κ3) is 3.50. The molecule has 0 aliphatic rings. The number of hydrogen-bond acceptors (Lipinski definition) is 2. The van der Waals surface area contributed by atoms with Crippen molar-refractivity contribution in [1.82, 2.24) is 9.88 Å². The first kappa shape index (κ1) is 20.0. The fourth-order valence-electron chi connectivity index (χ4n) is 3.49. The molecule has 0 unspecified atom stereocenters. The fraction of sp³-hybridized carbons (Fsp3) is 0.261. The zero-order chi connectivity index (χ0) is 20.6. The molecule has 0 saturated carbocycles. The monoisotopic (exact) mass is 393 g/mol. The summed E-state index contributed by atoms with van der Waals surface area (Å²) in [6.07, 6.45) is 2.11. The van der Waals surface area contributed by atoms with Crippen LogP contribution in [0.2, 0.25) is 0 Å². The quantitative estimate of drug-likeness (QED) is 0.590. The molecule has 0 aliphatic heterocycles. The van der Waals surface area contributed by atoms with Crippen molar-refractivity contribution < 1.29 is 5.11 Å². The van der Waals surface area contributed by atoms with Gasteiger partial charge < -0.3 is 15.0 Å². The normalized spacial score (nSPS) is 11.1. The summed E-state index contributed by atoms with van der Waals surface area (Å²) in [5.74, 6) is 0.537. The Morgan fingerprint density at radius 2 is 1.93 bits per heavy atom. The number of phenols is 1. The zero-order valence-electron chi connectivity index (χ0n) is 17.1. The molecule has 5 heteroatoms. The maximum Gasteiger partial charge on any atom is 0.177 e. The smallest absolute Gasteiger partial charge is 0.177 e. The summed E-state index contributed by atoms with van der Waals surface area (Å²) in [4.78, 5) is 1.88. The van der Waals surface area contributed by atoms with Gasteiger partial charge in [0.25, 0.3) is 0 Å². The molecule has 3 rings (SSSR count). The number of fused-ring (bicyclic) bond motifs is 1. The lowest BCUT2D eigenvalue weighted by atomic mass is 9.98. The van der Waals surface area contributed by atoms with Crippen molar-refractivity contribution in [3.63, 3.8) is 0 Å². The molecule has 0 fully saturated rings. The van der Waals surface area contributed by atoms with Crippen molar-refractivity contribution in [2.24, 2.45) is 7.05 Å². The Hall–Kier alpha value is -2.79. The van der Waals surface area contributed by atoms with Crippen LogP contribution in [0.5, 0.6) is 5.75 Å². The highest BCUT2D eigenvalue weighted by atomic mass is 32.1. The van der Waals surface area contributed by atoms with Crippen molar-refractivity contribution in [2.45, 2.75) is 26.7 Å². The van der Waals surface area contributed by atoms with Crippen molar-refractivity contribution >= 4 is 39.6 Å². The third-order valence-corrected chi connectivity index (χ3v) is 5.50. The van der Waals surface area contributed by atoms with E-state index >= 15 is 0 Å². The molecule has 0 aliphatic carbocycles. The van der Waals surface area contributed by atoms with Crippen molar-refractivity contribution in [3.8, 4) is 5.75 Å². The number of thiocarbonyl (C=S) groups is 1. The van der Waals surface area contributed by atoms with Crippen LogP contribution in [0.1, 0.15) is 36.5 Å². The van der Waals surface area contributed by atoms with E-state index in [9.17, 15) is 5.11 Å². The highest BCUT2D eigenvalue weighted by Crippen LogP contribution is 2.34. The molecule has 0 radical (unpaired) electrons. The van der Waals surface area contributed by atoms with Crippen LogP contribution in [0.3, 0.4) is 0 Å². The molecule has 1 heterocycles. The number of phenolic OH excluding ortho intramolecular Hbond substituents is 1. The predicted octanol–water partition coefficient (Wildman–Crippen LogP) is 5.30. The summed E-state index contributed by atoms with van der Waals surface area (Å²) < 4.78 is 2.11.